The van der Waals surface area contributed by atoms with E-state index in [1.807, 2.05) is 29.7 Å². The fourth-order valence-corrected chi connectivity index (χ4v) is 4.26. The van der Waals surface area contributed by atoms with E-state index in [0.29, 0.717) is 24.6 Å². The number of imidazole rings is 1. The molecule has 2 N–H and O–H groups in total. The Hall–Kier alpha value is -2.68. The van der Waals surface area contributed by atoms with E-state index in [0.717, 1.165) is 62.9 Å². The Bertz CT molecular complexity index is 866. The molecule has 0 aromatic carbocycles. The molecule has 9 heteroatoms. The summed E-state index contributed by atoms with van der Waals surface area (Å²) in [7, 11) is 0. The van der Waals surface area contributed by atoms with Crippen LogP contribution in [0.4, 0.5) is 0 Å². The molecule has 2 aliphatic rings. The summed E-state index contributed by atoms with van der Waals surface area (Å²) in [5, 5.41) is 7.12. The van der Waals surface area contributed by atoms with Gasteiger partial charge < -0.3 is 14.8 Å². The van der Waals surface area contributed by atoms with Gasteiger partial charge in [0.1, 0.15) is 11.5 Å². The highest BCUT2D eigenvalue weighted by Gasteiger charge is 2.33. The second kappa shape index (κ2) is 8.36. The van der Waals surface area contributed by atoms with Crippen LogP contribution in [0.1, 0.15) is 40.5 Å². The number of amides is 2. The molecular weight excluding hydrogens is 370 g/mol. The molecule has 156 valence electrons. The van der Waals surface area contributed by atoms with Gasteiger partial charge in [0, 0.05) is 63.8 Å². The van der Waals surface area contributed by atoms with Crippen LogP contribution in [0.3, 0.4) is 0 Å². The van der Waals surface area contributed by atoms with Crippen LogP contribution in [-0.4, -0.2) is 92.0 Å². The minimum Gasteiger partial charge on any atom is -0.340 e. The van der Waals surface area contributed by atoms with Crippen LogP contribution in [0.2, 0.25) is 0 Å². The van der Waals surface area contributed by atoms with Gasteiger partial charge in [-0.3, -0.25) is 19.6 Å². The van der Waals surface area contributed by atoms with Crippen molar-refractivity contribution < 1.29 is 9.59 Å². The lowest BCUT2D eigenvalue weighted by atomic mass is 10.1. The summed E-state index contributed by atoms with van der Waals surface area (Å²) in [6.45, 7) is 8.55. The highest BCUT2D eigenvalue weighted by Crippen LogP contribution is 2.19. The molecule has 4 rings (SSSR count). The standard InChI is InChI=1S/C20H29N7O2/c1-14-11-16(24-23-14)3-4-19(28)26-9-7-25(8-10-26)17-5-6-27(13-17)20(29)18-12-21-15(2)22-18/h11-12,17H,3-10,13H2,1-2H3,(H,21,22)(H,23,24). The molecule has 2 aromatic heterocycles. The van der Waals surface area contributed by atoms with Gasteiger partial charge in [-0.05, 0) is 26.3 Å². The fraction of sp³-hybridized carbons (Fsp3) is 0.600. The van der Waals surface area contributed by atoms with E-state index in [9.17, 15) is 9.59 Å². The van der Waals surface area contributed by atoms with Gasteiger partial charge in [0.05, 0.1) is 11.9 Å². The maximum atomic E-state index is 12.6. The summed E-state index contributed by atoms with van der Waals surface area (Å²) in [6, 6.07) is 2.36. The van der Waals surface area contributed by atoms with Crippen LogP contribution in [0.15, 0.2) is 12.3 Å². The molecule has 2 aliphatic heterocycles. The highest BCUT2D eigenvalue weighted by molar-refractivity contribution is 5.92. The van der Waals surface area contributed by atoms with Gasteiger partial charge in [0.25, 0.3) is 5.91 Å². The van der Waals surface area contributed by atoms with E-state index in [1.165, 1.54) is 0 Å². The number of rotatable bonds is 5. The quantitative estimate of drug-likeness (QED) is 0.772. The van der Waals surface area contributed by atoms with Crippen molar-refractivity contribution in [1.29, 1.82) is 0 Å². The van der Waals surface area contributed by atoms with Crippen LogP contribution in [0.5, 0.6) is 0 Å². The molecule has 0 bridgehead atoms. The number of H-pyrrole nitrogens is 2. The number of nitrogens with one attached hydrogen (secondary N) is 2. The monoisotopic (exact) mass is 399 g/mol. The van der Waals surface area contributed by atoms with Crippen LogP contribution in [0, 0.1) is 13.8 Å². The second-order valence-electron chi connectivity index (χ2n) is 8.04. The average Bonchev–Trinajstić information content (AvgIpc) is 3.47. The zero-order chi connectivity index (χ0) is 20.4. The molecule has 1 unspecified atom stereocenters. The second-order valence-corrected chi connectivity index (χ2v) is 8.04. The van der Waals surface area contributed by atoms with Crippen LogP contribution < -0.4 is 0 Å². The van der Waals surface area contributed by atoms with Gasteiger partial charge in [-0.25, -0.2) is 4.98 Å². The molecule has 0 saturated carbocycles. The minimum atomic E-state index is 0.0236. The van der Waals surface area contributed by atoms with Crippen molar-refractivity contribution in [3.8, 4) is 0 Å². The van der Waals surface area contributed by atoms with E-state index in [4.69, 9.17) is 0 Å². The number of aryl methyl sites for hydroxylation is 3. The lowest BCUT2D eigenvalue weighted by Gasteiger charge is -2.38. The predicted octanol–water partition coefficient (Wildman–Crippen LogP) is 0.741. The van der Waals surface area contributed by atoms with Crippen molar-refractivity contribution in [2.75, 3.05) is 39.3 Å². The largest absolute Gasteiger partial charge is 0.340 e. The van der Waals surface area contributed by atoms with E-state index in [1.54, 1.807) is 6.20 Å². The van der Waals surface area contributed by atoms with Crippen molar-refractivity contribution in [2.45, 2.75) is 39.2 Å². The number of carbonyl (C=O) groups excluding carboxylic acids is 2. The predicted molar refractivity (Wildman–Crippen MR) is 107 cm³/mol. The lowest BCUT2D eigenvalue weighted by Crippen LogP contribution is -2.52. The van der Waals surface area contributed by atoms with Gasteiger partial charge in [0.2, 0.25) is 5.91 Å². The Kier molecular flexibility index (Phi) is 5.66. The Balaban J connectivity index is 1.22. The Labute approximate surface area is 170 Å². The molecule has 2 fully saturated rings. The number of hydrogen-bond donors (Lipinski definition) is 2. The van der Waals surface area contributed by atoms with Crippen molar-refractivity contribution in [2.24, 2.45) is 0 Å². The number of hydrogen-bond acceptors (Lipinski definition) is 5. The summed E-state index contributed by atoms with van der Waals surface area (Å²) in [6.07, 6.45) is 3.76. The first kappa shape index (κ1) is 19.6. The van der Waals surface area contributed by atoms with Crippen LogP contribution in [0.25, 0.3) is 0 Å². The number of aromatic nitrogens is 4. The van der Waals surface area contributed by atoms with Crippen molar-refractivity contribution >= 4 is 11.8 Å². The van der Waals surface area contributed by atoms with Gasteiger partial charge in [-0.1, -0.05) is 0 Å². The first-order chi connectivity index (χ1) is 14.0. The maximum absolute atomic E-state index is 12.6. The van der Waals surface area contributed by atoms with E-state index in [2.05, 4.69) is 25.1 Å². The first-order valence-electron chi connectivity index (χ1n) is 10.3. The van der Waals surface area contributed by atoms with Crippen molar-refractivity contribution in [1.82, 2.24) is 34.9 Å². The van der Waals surface area contributed by atoms with Gasteiger partial charge in [-0.15, -0.1) is 0 Å². The zero-order valence-corrected chi connectivity index (χ0v) is 17.1. The molecule has 9 nitrogen and oxygen atoms in total. The summed E-state index contributed by atoms with van der Waals surface area (Å²) in [5.41, 5.74) is 2.52. The SMILES string of the molecule is Cc1cc(CCC(=O)N2CCN(C3CCN(C(=O)c4cnc(C)[nH]4)C3)CC2)n[nH]1. The molecule has 2 saturated heterocycles. The molecule has 1 atom stereocenters. The zero-order valence-electron chi connectivity index (χ0n) is 17.1. The molecular formula is C20H29N7O2. The van der Waals surface area contributed by atoms with Crippen LogP contribution >= 0.6 is 0 Å². The average molecular weight is 399 g/mol. The van der Waals surface area contributed by atoms with E-state index in [-0.39, 0.29) is 11.8 Å². The number of piperazine rings is 1. The smallest absolute Gasteiger partial charge is 0.271 e. The Morgan fingerprint density at radius 3 is 2.59 bits per heavy atom. The molecule has 29 heavy (non-hydrogen) atoms. The fourth-order valence-electron chi connectivity index (χ4n) is 4.26. The highest BCUT2D eigenvalue weighted by atomic mass is 16.2. The third-order valence-corrected chi connectivity index (χ3v) is 5.92. The molecule has 0 radical (unpaired) electrons. The molecule has 0 aliphatic carbocycles. The van der Waals surface area contributed by atoms with E-state index < -0.39 is 0 Å². The van der Waals surface area contributed by atoms with Crippen molar-refractivity contribution in [3.63, 3.8) is 0 Å². The van der Waals surface area contributed by atoms with Crippen molar-refractivity contribution in [3.05, 3.63) is 35.2 Å². The van der Waals surface area contributed by atoms with E-state index >= 15 is 0 Å². The first-order valence-corrected chi connectivity index (χ1v) is 10.3. The number of likely N-dealkylation sites (tertiary alicyclic amines) is 1. The molecule has 2 amide bonds. The number of carbonyl (C=O) groups is 2. The maximum Gasteiger partial charge on any atom is 0.271 e. The van der Waals surface area contributed by atoms with Gasteiger partial charge in [0.15, 0.2) is 0 Å². The third-order valence-electron chi connectivity index (χ3n) is 5.92. The van der Waals surface area contributed by atoms with Gasteiger partial charge >= 0.3 is 0 Å². The summed E-state index contributed by atoms with van der Waals surface area (Å²) >= 11 is 0. The lowest BCUT2D eigenvalue weighted by molar-refractivity contribution is -0.133. The summed E-state index contributed by atoms with van der Waals surface area (Å²) in [5.74, 6) is 0.978. The summed E-state index contributed by atoms with van der Waals surface area (Å²) < 4.78 is 0. The Morgan fingerprint density at radius 2 is 1.93 bits per heavy atom. The molecule has 0 spiro atoms. The topological polar surface area (TPSA) is 101 Å². The number of aromatic amines is 2. The number of nitrogens with zero attached hydrogens (tertiary/aromatic N) is 5. The molecule has 4 heterocycles. The summed E-state index contributed by atoms with van der Waals surface area (Å²) in [4.78, 5) is 38.5. The minimum absolute atomic E-state index is 0.0236. The third kappa shape index (κ3) is 4.50. The normalized spacial score (nSPS) is 20.4. The van der Waals surface area contributed by atoms with Crippen LogP contribution in [-0.2, 0) is 11.2 Å². The van der Waals surface area contributed by atoms with Gasteiger partial charge in [-0.2, -0.15) is 5.10 Å². The molecule has 2 aromatic rings. The Morgan fingerprint density at radius 1 is 1.14 bits per heavy atom.